The van der Waals surface area contributed by atoms with E-state index in [1.165, 1.54) is 12.3 Å². The molecule has 1 aromatic carbocycles. The normalized spacial score (nSPS) is 11.0. The molecule has 2 aromatic heterocycles. The molecule has 0 unspecified atom stereocenters. The molecule has 3 rings (SSSR count). The zero-order chi connectivity index (χ0) is 18.9. The highest BCUT2D eigenvalue weighted by molar-refractivity contribution is 6.05. The predicted molar refractivity (Wildman–Crippen MR) is 102 cm³/mol. The first kappa shape index (κ1) is 18.1. The van der Waals surface area contributed by atoms with Gasteiger partial charge in [0.05, 0.1) is 6.26 Å². The number of nitrogens with zero attached hydrogens (tertiary/aromatic N) is 1. The van der Waals surface area contributed by atoms with Crippen LogP contribution in [0.25, 0.3) is 6.08 Å². The van der Waals surface area contributed by atoms with Crippen LogP contribution in [0.5, 0.6) is 0 Å². The van der Waals surface area contributed by atoms with Crippen LogP contribution in [0.4, 0.5) is 0 Å². The number of hydrogen-bond donors (Lipinski definition) is 2. The van der Waals surface area contributed by atoms with Crippen LogP contribution in [0, 0.1) is 0 Å². The fourth-order valence-electron chi connectivity index (χ4n) is 2.42. The van der Waals surface area contributed by atoms with Crippen molar-refractivity contribution in [1.82, 2.24) is 15.6 Å². The van der Waals surface area contributed by atoms with E-state index < -0.39 is 0 Å². The molecule has 0 spiro atoms. The number of amides is 2. The summed E-state index contributed by atoms with van der Waals surface area (Å²) in [5.74, 6) is -0.281. The molecule has 2 amide bonds. The van der Waals surface area contributed by atoms with Gasteiger partial charge in [0.1, 0.15) is 11.5 Å². The summed E-state index contributed by atoms with van der Waals surface area (Å²) in [7, 11) is 0. The van der Waals surface area contributed by atoms with Crippen molar-refractivity contribution in [2.45, 2.75) is 6.42 Å². The zero-order valence-electron chi connectivity index (χ0n) is 14.6. The largest absolute Gasteiger partial charge is 0.465 e. The number of rotatable bonds is 7. The topological polar surface area (TPSA) is 84.2 Å². The lowest BCUT2D eigenvalue weighted by molar-refractivity contribution is -0.117. The van der Waals surface area contributed by atoms with Crippen molar-refractivity contribution in [3.8, 4) is 0 Å². The van der Waals surface area contributed by atoms with Gasteiger partial charge in [0, 0.05) is 30.6 Å². The van der Waals surface area contributed by atoms with Gasteiger partial charge in [-0.25, -0.2) is 0 Å². The summed E-state index contributed by atoms with van der Waals surface area (Å²) < 4.78 is 5.26. The summed E-state index contributed by atoms with van der Waals surface area (Å²) in [6.45, 7) is 0.418. The monoisotopic (exact) mass is 361 g/mol. The van der Waals surface area contributed by atoms with Gasteiger partial charge in [-0.15, -0.1) is 0 Å². The van der Waals surface area contributed by atoms with Gasteiger partial charge in [0.2, 0.25) is 0 Å². The van der Waals surface area contributed by atoms with Crippen molar-refractivity contribution in [3.05, 3.63) is 95.8 Å². The Labute approximate surface area is 156 Å². The Balaban J connectivity index is 1.68. The van der Waals surface area contributed by atoms with Crippen LogP contribution < -0.4 is 10.6 Å². The van der Waals surface area contributed by atoms with Crippen LogP contribution >= 0.6 is 0 Å². The van der Waals surface area contributed by atoms with Crippen molar-refractivity contribution in [2.75, 3.05) is 6.54 Å². The molecule has 136 valence electrons. The molecule has 2 heterocycles. The average Bonchev–Trinajstić information content (AvgIpc) is 3.22. The highest BCUT2D eigenvalue weighted by Crippen LogP contribution is 2.08. The maximum Gasteiger partial charge on any atom is 0.267 e. The molecule has 0 saturated carbocycles. The number of benzene rings is 1. The Hall–Kier alpha value is -3.67. The molecular weight excluding hydrogens is 342 g/mol. The van der Waals surface area contributed by atoms with Gasteiger partial charge in [-0.3, -0.25) is 14.6 Å². The van der Waals surface area contributed by atoms with Crippen molar-refractivity contribution in [1.29, 1.82) is 0 Å². The van der Waals surface area contributed by atoms with Crippen LogP contribution in [0.3, 0.4) is 0 Å². The number of hydrogen-bond acceptors (Lipinski definition) is 4. The van der Waals surface area contributed by atoms with Gasteiger partial charge >= 0.3 is 0 Å². The first-order chi connectivity index (χ1) is 13.2. The molecule has 6 heteroatoms. The molecular formula is C21H19N3O3. The number of carbonyl (C=O) groups is 2. The molecule has 0 radical (unpaired) electrons. The van der Waals surface area contributed by atoms with E-state index in [9.17, 15) is 9.59 Å². The maximum absolute atomic E-state index is 12.6. The number of pyridine rings is 1. The Kier molecular flexibility index (Phi) is 6.14. The van der Waals surface area contributed by atoms with Crippen molar-refractivity contribution >= 4 is 17.9 Å². The first-order valence-electron chi connectivity index (χ1n) is 8.51. The fraction of sp³-hybridized carbons (Fsp3) is 0.0952. The second kappa shape index (κ2) is 9.15. The summed E-state index contributed by atoms with van der Waals surface area (Å²) in [5.41, 5.74) is 1.60. The Bertz CT molecular complexity index is 904. The molecule has 0 saturated heterocycles. The van der Waals surface area contributed by atoms with Gasteiger partial charge in [0.25, 0.3) is 11.8 Å². The molecule has 0 bridgehead atoms. The third kappa shape index (κ3) is 5.40. The van der Waals surface area contributed by atoms with E-state index in [1.807, 2.05) is 18.2 Å². The minimum Gasteiger partial charge on any atom is -0.465 e. The van der Waals surface area contributed by atoms with Gasteiger partial charge < -0.3 is 15.1 Å². The van der Waals surface area contributed by atoms with Crippen LogP contribution in [0.15, 0.2) is 83.4 Å². The van der Waals surface area contributed by atoms with E-state index >= 15 is 0 Å². The summed E-state index contributed by atoms with van der Waals surface area (Å²) in [4.78, 5) is 29.0. The van der Waals surface area contributed by atoms with Crippen molar-refractivity contribution in [3.63, 3.8) is 0 Å². The number of furan rings is 1. The minimum absolute atomic E-state index is 0.116. The van der Waals surface area contributed by atoms with Gasteiger partial charge in [-0.1, -0.05) is 24.3 Å². The predicted octanol–water partition coefficient (Wildman–Crippen LogP) is 2.80. The number of nitrogens with one attached hydrogen (secondary N) is 2. The molecule has 2 N–H and O–H groups in total. The molecule has 0 aliphatic rings. The Morgan fingerprint density at radius 2 is 1.89 bits per heavy atom. The Morgan fingerprint density at radius 1 is 1.04 bits per heavy atom. The average molecular weight is 361 g/mol. The van der Waals surface area contributed by atoms with E-state index in [0.717, 1.165) is 5.56 Å². The number of carbonyl (C=O) groups excluding carboxylic acids is 2. The van der Waals surface area contributed by atoms with Crippen molar-refractivity contribution < 1.29 is 14.0 Å². The van der Waals surface area contributed by atoms with Crippen LogP contribution in [0.2, 0.25) is 0 Å². The second-order valence-electron chi connectivity index (χ2n) is 5.76. The van der Waals surface area contributed by atoms with E-state index in [0.29, 0.717) is 24.3 Å². The standard InChI is InChI=1S/C21H19N3O3/c25-20(17-7-2-1-3-8-17)24-19(14-18-9-5-13-27-18)21(26)23-12-10-16-6-4-11-22-15-16/h1-9,11,13-15H,10,12H2,(H,23,26)(H,24,25)/b19-14+. The van der Waals surface area contributed by atoms with Crippen LogP contribution in [0.1, 0.15) is 21.7 Å². The maximum atomic E-state index is 12.6. The summed E-state index contributed by atoms with van der Waals surface area (Å²) in [6.07, 6.45) is 7.09. The third-order valence-corrected chi connectivity index (χ3v) is 3.78. The SMILES string of the molecule is O=C(NCCc1cccnc1)/C(=C\c1ccco1)NC(=O)c1ccccc1. The molecule has 0 fully saturated rings. The molecule has 0 aliphatic heterocycles. The smallest absolute Gasteiger partial charge is 0.267 e. The quantitative estimate of drug-likeness (QED) is 0.634. The first-order valence-corrected chi connectivity index (χ1v) is 8.51. The van der Waals surface area contributed by atoms with E-state index in [2.05, 4.69) is 15.6 Å². The van der Waals surface area contributed by atoms with E-state index in [-0.39, 0.29) is 17.5 Å². The van der Waals surface area contributed by atoms with E-state index in [4.69, 9.17) is 4.42 Å². The zero-order valence-corrected chi connectivity index (χ0v) is 14.6. The van der Waals surface area contributed by atoms with E-state index in [1.54, 1.807) is 48.8 Å². The molecule has 0 aliphatic carbocycles. The van der Waals surface area contributed by atoms with Gasteiger partial charge in [0.15, 0.2) is 0 Å². The van der Waals surface area contributed by atoms with Crippen LogP contribution in [-0.4, -0.2) is 23.3 Å². The lowest BCUT2D eigenvalue weighted by Crippen LogP contribution is -2.35. The minimum atomic E-state index is -0.389. The second-order valence-corrected chi connectivity index (χ2v) is 5.76. The molecule has 27 heavy (non-hydrogen) atoms. The highest BCUT2D eigenvalue weighted by Gasteiger charge is 2.15. The van der Waals surface area contributed by atoms with Crippen LogP contribution in [-0.2, 0) is 11.2 Å². The Morgan fingerprint density at radius 3 is 2.59 bits per heavy atom. The summed E-state index contributed by atoms with van der Waals surface area (Å²) >= 11 is 0. The molecule has 6 nitrogen and oxygen atoms in total. The summed E-state index contributed by atoms with van der Waals surface area (Å²) in [5, 5.41) is 5.47. The fourth-order valence-corrected chi connectivity index (χ4v) is 2.42. The van der Waals surface area contributed by atoms with Gasteiger partial charge in [-0.2, -0.15) is 0 Å². The third-order valence-electron chi connectivity index (χ3n) is 3.78. The van der Waals surface area contributed by atoms with Gasteiger partial charge in [-0.05, 0) is 42.3 Å². The molecule has 3 aromatic rings. The van der Waals surface area contributed by atoms with Crippen molar-refractivity contribution in [2.24, 2.45) is 0 Å². The lowest BCUT2D eigenvalue weighted by atomic mass is 10.2. The molecule has 0 atom stereocenters. The lowest BCUT2D eigenvalue weighted by Gasteiger charge is -2.11. The highest BCUT2D eigenvalue weighted by atomic mass is 16.3. The number of aromatic nitrogens is 1. The summed E-state index contributed by atoms with van der Waals surface area (Å²) in [6, 6.07) is 15.9.